The van der Waals surface area contributed by atoms with Crippen LogP contribution in [0.5, 0.6) is 0 Å². The van der Waals surface area contributed by atoms with Crippen LogP contribution in [0.4, 0.5) is 0 Å². The number of carboxylic acids is 1. The summed E-state index contributed by atoms with van der Waals surface area (Å²) in [6.07, 6.45) is 32.4. The summed E-state index contributed by atoms with van der Waals surface area (Å²) < 4.78 is 5.12. The standard InChI is InChI=1S/C19H38O2.C14H28O2/c1-4-5-6-7-8-9-10-11-12-13-14-15-16-17-19(20)21-18(2)3;1-2-3-4-5-6-7-8-9-10-11-12-13-14(15)16/h18H,4-17H2,1-3H3;2-13H2,1H3,(H,15,16). The molecule has 0 bridgehead atoms. The fourth-order valence-electron chi connectivity index (χ4n) is 4.55. The fourth-order valence-corrected chi connectivity index (χ4v) is 4.55. The number of esters is 1. The number of carbonyl (C=O) groups is 2. The first-order chi connectivity index (χ1) is 17.9. The second kappa shape index (κ2) is 33.0. The van der Waals surface area contributed by atoms with E-state index in [9.17, 15) is 9.59 Å². The largest absolute Gasteiger partial charge is 0.481 e. The van der Waals surface area contributed by atoms with E-state index in [1.54, 1.807) is 0 Å². The first-order valence-corrected chi connectivity index (χ1v) is 16.3. The van der Waals surface area contributed by atoms with E-state index in [2.05, 4.69) is 13.8 Å². The van der Waals surface area contributed by atoms with Gasteiger partial charge in [0.1, 0.15) is 0 Å². The Hall–Kier alpha value is -1.06. The first-order valence-electron chi connectivity index (χ1n) is 16.3. The molecule has 0 spiro atoms. The lowest BCUT2D eigenvalue weighted by Crippen LogP contribution is -2.10. The molecule has 1 N–H and O–H groups in total. The maximum atomic E-state index is 11.3. The minimum Gasteiger partial charge on any atom is -0.481 e. The number of ether oxygens (including phenoxy) is 1. The third kappa shape index (κ3) is 39.6. The van der Waals surface area contributed by atoms with Crippen molar-refractivity contribution in [3.8, 4) is 0 Å². The van der Waals surface area contributed by atoms with Crippen LogP contribution in [0.15, 0.2) is 0 Å². The molecule has 0 heterocycles. The van der Waals surface area contributed by atoms with Gasteiger partial charge >= 0.3 is 11.9 Å². The molecule has 0 amide bonds. The molecule has 4 nitrogen and oxygen atoms in total. The van der Waals surface area contributed by atoms with Gasteiger partial charge in [0.2, 0.25) is 0 Å². The van der Waals surface area contributed by atoms with Crippen molar-refractivity contribution >= 4 is 11.9 Å². The molecule has 0 fully saturated rings. The van der Waals surface area contributed by atoms with Gasteiger partial charge in [-0.15, -0.1) is 0 Å². The summed E-state index contributed by atoms with van der Waals surface area (Å²) in [5.41, 5.74) is 0. The Labute approximate surface area is 232 Å². The van der Waals surface area contributed by atoms with Crippen LogP contribution < -0.4 is 0 Å². The molecule has 0 aliphatic heterocycles. The van der Waals surface area contributed by atoms with Crippen molar-refractivity contribution in [2.24, 2.45) is 0 Å². The molecule has 0 saturated heterocycles. The maximum Gasteiger partial charge on any atom is 0.306 e. The molecular weight excluding hydrogens is 460 g/mol. The van der Waals surface area contributed by atoms with Gasteiger partial charge in [0.25, 0.3) is 0 Å². The zero-order chi connectivity index (χ0) is 27.8. The van der Waals surface area contributed by atoms with E-state index in [0.717, 1.165) is 19.3 Å². The summed E-state index contributed by atoms with van der Waals surface area (Å²) >= 11 is 0. The van der Waals surface area contributed by atoms with Crippen molar-refractivity contribution in [3.05, 3.63) is 0 Å². The third-order valence-corrected chi connectivity index (χ3v) is 6.85. The van der Waals surface area contributed by atoms with Gasteiger partial charge in [-0.25, -0.2) is 0 Å². The summed E-state index contributed by atoms with van der Waals surface area (Å²) in [5.74, 6) is -0.691. The predicted molar refractivity (Wildman–Crippen MR) is 160 cm³/mol. The van der Waals surface area contributed by atoms with E-state index < -0.39 is 5.97 Å². The van der Waals surface area contributed by atoms with Crippen molar-refractivity contribution in [3.63, 3.8) is 0 Å². The molecule has 0 aromatic carbocycles. The van der Waals surface area contributed by atoms with Gasteiger partial charge in [-0.1, -0.05) is 155 Å². The van der Waals surface area contributed by atoms with Gasteiger partial charge in [-0.3, -0.25) is 9.59 Å². The van der Waals surface area contributed by atoms with Crippen LogP contribution in [0, 0.1) is 0 Å². The van der Waals surface area contributed by atoms with Gasteiger partial charge in [0.15, 0.2) is 0 Å². The van der Waals surface area contributed by atoms with Gasteiger partial charge in [0, 0.05) is 12.8 Å². The highest BCUT2D eigenvalue weighted by Crippen LogP contribution is 2.14. The smallest absolute Gasteiger partial charge is 0.306 e. The number of hydrogen-bond donors (Lipinski definition) is 1. The van der Waals surface area contributed by atoms with Crippen LogP contribution in [0.3, 0.4) is 0 Å². The molecule has 0 radical (unpaired) electrons. The van der Waals surface area contributed by atoms with E-state index >= 15 is 0 Å². The highest BCUT2D eigenvalue weighted by Gasteiger charge is 2.04. The predicted octanol–water partition coefficient (Wildman–Crippen LogP) is 11.2. The highest BCUT2D eigenvalue weighted by atomic mass is 16.5. The first kappa shape index (κ1) is 38.1. The number of carbonyl (C=O) groups excluding carboxylic acids is 1. The van der Waals surface area contributed by atoms with Crippen molar-refractivity contribution in [2.45, 2.75) is 201 Å². The molecule has 4 heteroatoms. The van der Waals surface area contributed by atoms with Crippen LogP contribution in [-0.4, -0.2) is 23.1 Å². The Balaban J connectivity index is 0. The second-order valence-electron chi connectivity index (χ2n) is 11.2. The fraction of sp³-hybridized carbons (Fsp3) is 0.939. The van der Waals surface area contributed by atoms with E-state index in [1.807, 2.05) is 13.8 Å². The summed E-state index contributed by atoms with van der Waals surface area (Å²) in [7, 11) is 0. The summed E-state index contributed by atoms with van der Waals surface area (Å²) in [6.45, 7) is 8.33. The Bertz CT molecular complexity index is 461. The molecule has 222 valence electrons. The highest BCUT2D eigenvalue weighted by molar-refractivity contribution is 5.69. The molecule has 0 unspecified atom stereocenters. The monoisotopic (exact) mass is 526 g/mol. The molecule has 0 aliphatic rings. The molecule has 0 aromatic heterocycles. The second-order valence-corrected chi connectivity index (χ2v) is 11.2. The van der Waals surface area contributed by atoms with Crippen molar-refractivity contribution in [1.29, 1.82) is 0 Å². The summed E-state index contributed by atoms with van der Waals surface area (Å²) in [6, 6.07) is 0. The lowest BCUT2D eigenvalue weighted by Gasteiger charge is -2.07. The molecule has 0 aliphatic carbocycles. The molecule has 0 saturated carbocycles. The topological polar surface area (TPSA) is 63.6 Å². The molecule has 0 rings (SSSR count). The van der Waals surface area contributed by atoms with E-state index in [4.69, 9.17) is 9.84 Å². The van der Waals surface area contributed by atoms with E-state index in [-0.39, 0.29) is 12.1 Å². The van der Waals surface area contributed by atoms with Crippen molar-refractivity contribution in [2.75, 3.05) is 0 Å². The van der Waals surface area contributed by atoms with Gasteiger partial charge < -0.3 is 9.84 Å². The molecular formula is C33H66O4. The molecule has 37 heavy (non-hydrogen) atoms. The van der Waals surface area contributed by atoms with Gasteiger partial charge in [-0.2, -0.15) is 0 Å². The SMILES string of the molecule is CCCCCCCCCCCCCC(=O)O.CCCCCCCCCCCCCCCC(=O)OC(C)C. The number of carboxylic acid groups (broad SMARTS) is 1. The Morgan fingerprint density at radius 2 is 0.757 bits per heavy atom. The van der Waals surface area contributed by atoms with Crippen molar-refractivity contribution in [1.82, 2.24) is 0 Å². The summed E-state index contributed by atoms with van der Waals surface area (Å²) in [5, 5.41) is 8.46. The van der Waals surface area contributed by atoms with Crippen LogP contribution in [0.2, 0.25) is 0 Å². The maximum absolute atomic E-state index is 11.3. The number of unbranched alkanes of at least 4 members (excludes halogenated alkanes) is 22. The van der Waals surface area contributed by atoms with Gasteiger partial charge in [-0.05, 0) is 26.7 Å². The zero-order valence-electron chi connectivity index (χ0n) is 25.6. The Morgan fingerprint density at radius 3 is 1.03 bits per heavy atom. The molecule has 0 atom stereocenters. The zero-order valence-corrected chi connectivity index (χ0v) is 25.6. The van der Waals surface area contributed by atoms with Crippen molar-refractivity contribution < 1.29 is 19.4 Å². The van der Waals surface area contributed by atoms with Gasteiger partial charge in [0.05, 0.1) is 6.10 Å². The Morgan fingerprint density at radius 1 is 0.486 bits per heavy atom. The van der Waals surface area contributed by atoms with Crippen LogP contribution in [-0.2, 0) is 14.3 Å². The van der Waals surface area contributed by atoms with E-state index in [1.165, 1.54) is 135 Å². The number of aliphatic carboxylic acids is 1. The lowest BCUT2D eigenvalue weighted by molar-refractivity contribution is -0.147. The van der Waals surface area contributed by atoms with Crippen LogP contribution in [0.1, 0.15) is 195 Å². The van der Waals surface area contributed by atoms with E-state index in [0.29, 0.717) is 12.8 Å². The van der Waals surface area contributed by atoms with Crippen LogP contribution in [0.25, 0.3) is 0 Å². The van der Waals surface area contributed by atoms with Crippen LogP contribution >= 0.6 is 0 Å². The quantitative estimate of drug-likeness (QED) is 0.0853. The third-order valence-electron chi connectivity index (χ3n) is 6.85. The summed E-state index contributed by atoms with van der Waals surface area (Å²) in [4.78, 5) is 21.6. The minimum atomic E-state index is -0.657. The average Bonchev–Trinajstić information content (AvgIpc) is 2.85. The number of rotatable bonds is 27. The number of hydrogen-bond acceptors (Lipinski definition) is 3. The molecule has 0 aromatic rings. The Kier molecular flexibility index (Phi) is 33.9. The normalized spacial score (nSPS) is 10.8. The average molecular weight is 527 g/mol. The lowest BCUT2D eigenvalue weighted by atomic mass is 10.0. The minimum absolute atomic E-state index is 0.0273.